The molecule has 0 fully saturated rings. The van der Waals surface area contributed by atoms with Gasteiger partial charge in [-0.2, -0.15) is 35.5 Å². The molecule has 6 rings (SSSR count). The molecule has 0 N–H and O–H groups in total. The smallest absolute Gasteiger partial charge is 0.0920 e. The van der Waals surface area contributed by atoms with E-state index >= 15 is 0 Å². The summed E-state index contributed by atoms with van der Waals surface area (Å²) in [4.78, 5) is 0. The molecule has 4 heteroatoms. The predicted octanol–water partition coefficient (Wildman–Crippen LogP) is 8.64. The summed E-state index contributed by atoms with van der Waals surface area (Å²) < 4.78 is 0. The van der Waals surface area contributed by atoms with Gasteiger partial charge in [-0.1, -0.05) is 91.2 Å². The van der Waals surface area contributed by atoms with Crippen molar-refractivity contribution < 1.29 is 20.8 Å². The number of halogens is 2. The van der Waals surface area contributed by atoms with Crippen molar-refractivity contribution in [1.82, 2.24) is 0 Å². The summed E-state index contributed by atoms with van der Waals surface area (Å²) in [5, 5.41) is 5.56. The van der Waals surface area contributed by atoms with Crippen molar-refractivity contribution in [2.45, 2.75) is 40.0 Å². The first kappa shape index (κ1) is 28.2. The number of hydrogen-bond acceptors (Lipinski definition) is 0. The van der Waals surface area contributed by atoms with Gasteiger partial charge in [-0.05, 0) is 30.4 Å². The van der Waals surface area contributed by atoms with Crippen LogP contribution in [0.4, 0.5) is 0 Å². The Morgan fingerprint density at radius 1 is 0.784 bits per heavy atom. The average molecular weight is 617 g/mol. The SMILES string of the molecule is Cc1ccccc1-c1c(C)ccc2[cH-]c(C(C)(C)C)cc12.[Cl][Zr+2][Cl].[c-]1cccc2c1[Si]c1ccccc1-2. The van der Waals surface area contributed by atoms with Gasteiger partial charge in [0.05, 0.1) is 9.52 Å². The molecule has 0 bridgehead atoms. The molecule has 0 saturated heterocycles. The molecule has 1 aliphatic rings. The molecule has 0 spiro atoms. The first-order valence-electron chi connectivity index (χ1n) is 12.3. The van der Waals surface area contributed by atoms with Gasteiger partial charge in [-0.15, -0.1) is 40.1 Å². The minimum atomic E-state index is -0.826. The Morgan fingerprint density at radius 3 is 2.14 bits per heavy atom. The van der Waals surface area contributed by atoms with E-state index < -0.39 is 20.8 Å². The number of benzene rings is 4. The molecule has 0 unspecified atom stereocenters. The number of rotatable bonds is 1. The third kappa shape index (κ3) is 6.43. The molecule has 5 aromatic rings. The number of fused-ring (bicyclic) bond motifs is 4. The van der Waals surface area contributed by atoms with Crippen LogP contribution < -0.4 is 10.4 Å². The first-order chi connectivity index (χ1) is 17.7. The van der Waals surface area contributed by atoms with Crippen LogP contribution in [0.25, 0.3) is 33.0 Å². The summed E-state index contributed by atoms with van der Waals surface area (Å²) in [6.07, 6.45) is 0. The van der Waals surface area contributed by atoms with Gasteiger partial charge in [0.1, 0.15) is 0 Å². The number of hydrogen-bond donors (Lipinski definition) is 0. The van der Waals surface area contributed by atoms with Crippen molar-refractivity contribution in [2.75, 3.05) is 0 Å². The van der Waals surface area contributed by atoms with Gasteiger partial charge >= 0.3 is 37.9 Å². The standard InChI is InChI=1S/C21H23.C12H7Si.2ClH.Zr/c1-14-8-6-7-9-18(14)20-15(2)10-11-16-12-17(13-19(16)20)21(3,4)5;1-3-7-11-9(5-1)10-6-2-4-8-12(10)13-11;;;/h6-13H,1-5H3;1-7H;2*1H;/q2*-1;;;+4/p-2. The Morgan fingerprint density at radius 2 is 1.43 bits per heavy atom. The van der Waals surface area contributed by atoms with Crippen LogP contribution in [0.1, 0.15) is 37.5 Å². The Balaban J connectivity index is 0.000000170. The zero-order valence-electron chi connectivity index (χ0n) is 21.9. The van der Waals surface area contributed by atoms with Crippen molar-refractivity contribution in [1.29, 1.82) is 0 Å². The molecule has 0 nitrogen and oxygen atoms in total. The van der Waals surface area contributed by atoms with E-state index in [0.29, 0.717) is 0 Å². The maximum Gasteiger partial charge on any atom is 0.0920 e. The molecule has 184 valence electrons. The van der Waals surface area contributed by atoms with Crippen LogP contribution in [0.5, 0.6) is 0 Å². The minimum absolute atomic E-state index is 0.190. The Bertz CT molecular complexity index is 1470. The fraction of sp³-hybridized carbons (Fsp3) is 0.182. The summed E-state index contributed by atoms with van der Waals surface area (Å²) in [7, 11) is 10.7. The quantitative estimate of drug-likeness (QED) is 0.128. The normalized spacial score (nSPS) is 11.4. The van der Waals surface area contributed by atoms with E-state index in [4.69, 9.17) is 17.0 Å². The third-order valence-corrected chi connectivity index (χ3v) is 8.08. The fourth-order valence-electron chi connectivity index (χ4n) is 4.76. The van der Waals surface area contributed by atoms with Crippen molar-refractivity contribution in [3.05, 3.63) is 114 Å². The summed E-state index contributed by atoms with van der Waals surface area (Å²) in [6.45, 7) is 11.2. The predicted molar refractivity (Wildman–Crippen MR) is 161 cm³/mol. The summed E-state index contributed by atoms with van der Waals surface area (Å²) in [5.74, 6) is 0. The van der Waals surface area contributed by atoms with Crippen LogP contribution in [0.15, 0.2) is 91.0 Å². The Kier molecular flexibility index (Phi) is 9.41. The largest absolute Gasteiger partial charge is 0.184 e. The van der Waals surface area contributed by atoms with Gasteiger partial charge in [-0.25, -0.2) is 0 Å². The second kappa shape index (κ2) is 12.4. The van der Waals surface area contributed by atoms with E-state index in [9.17, 15) is 0 Å². The van der Waals surface area contributed by atoms with E-state index in [2.05, 4.69) is 126 Å². The van der Waals surface area contributed by atoms with Gasteiger partial charge in [0, 0.05) is 0 Å². The molecule has 1 aliphatic heterocycles. The molecule has 0 aliphatic carbocycles. The molecule has 0 saturated carbocycles. The second-order valence-electron chi connectivity index (χ2n) is 10.3. The molecule has 1 heterocycles. The molecular formula is C33H30Cl2SiZr. The van der Waals surface area contributed by atoms with Crippen LogP contribution in [0.2, 0.25) is 0 Å². The van der Waals surface area contributed by atoms with Crippen molar-refractivity contribution >= 4 is 47.7 Å². The van der Waals surface area contributed by atoms with Crippen LogP contribution in [0.3, 0.4) is 0 Å². The van der Waals surface area contributed by atoms with E-state index in [1.807, 2.05) is 6.07 Å². The van der Waals surface area contributed by atoms with Crippen LogP contribution >= 0.6 is 17.0 Å². The van der Waals surface area contributed by atoms with Gasteiger partial charge in [0.15, 0.2) is 0 Å². The molecular weight excluding hydrogens is 587 g/mol. The molecule has 0 amide bonds. The zero-order chi connectivity index (χ0) is 26.6. The van der Waals surface area contributed by atoms with Gasteiger partial charge in [0.2, 0.25) is 0 Å². The summed E-state index contributed by atoms with van der Waals surface area (Å²) in [5.41, 5.74) is 9.81. The van der Waals surface area contributed by atoms with Crippen molar-refractivity contribution in [2.24, 2.45) is 0 Å². The van der Waals surface area contributed by atoms with Gasteiger partial charge in [-0.3, -0.25) is 0 Å². The topological polar surface area (TPSA) is 0 Å². The Labute approximate surface area is 242 Å². The monoisotopic (exact) mass is 614 g/mol. The third-order valence-electron chi connectivity index (χ3n) is 6.71. The van der Waals surface area contributed by atoms with Crippen molar-refractivity contribution in [3.8, 4) is 22.3 Å². The molecule has 0 atom stereocenters. The summed E-state index contributed by atoms with van der Waals surface area (Å²) in [6, 6.07) is 36.1. The Hall–Kier alpha value is -1.83. The average Bonchev–Trinajstić information content (AvgIpc) is 3.48. The van der Waals surface area contributed by atoms with Gasteiger partial charge < -0.3 is 0 Å². The maximum absolute atomic E-state index is 4.93. The fourth-order valence-corrected chi connectivity index (χ4v) is 6.07. The second-order valence-corrected chi connectivity index (χ2v) is 15.3. The van der Waals surface area contributed by atoms with Crippen LogP contribution in [-0.2, 0) is 26.3 Å². The zero-order valence-corrected chi connectivity index (χ0v) is 26.9. The molecule has 37 heavy (non-hydrogen) atoms. The van der Waals surface area contributed by atoms with Gasteiger partial charge in [0.25, 0.3) is 0 Å². The molecule has 5 aromatic carbocycles. The molecule has 2 radical (unpaired) electrons. The van der Waals surface area contributed by atoms with Crippen molar-refractivity contribution in [3.63, 3.8) is 0 Å². The first-order valence-corrected chi connectivity index (χ1v) is 19.7. The maximum atomic E-state index is 4.93. The van der Waals surface area contributed by atoms with Crippen LogP contribution in [0, 0.1) is 19.9 Å². The van der Waals surface area contributed by atoms with E-state index in [1.165, 1.54) is 60.1 Å². The van der Waals surface area contributed by atoms with E-state index in [1.54, 1.807) is 0 Å². The van der Waals surface area contributed by atoms with E-state index in [-0.39, 0.29) is 5.41 Å². The van der Waals surface area contributed by atoms with E-state index in [0.717, 1.165) is 9.52 Å². The minimum Gasteiger partial charge on any atom is -0.184 e. The summed E-state index contributed by atoms with van der Waals surface area (Å²) >= 11 is -0.826. The number of aryl methyl sites for hydroxylation is 2. The molecule has 0 aromatic heterocycles. The van der Waals surface area contributed by atoms with Crippen LogP contribution in [-0.4, -0.2) is 9.52 Å².